The van der Waals surface area contributed by atoms with Gasteiger partial charge in [-0.2, -0.15) is 0 Å². The molecule has 0 bridgehead atoms. The second kappa shape index (κ2) is 8.38. The Hall–Kier alpha value is -2.09. The highest BCUT2D eigenvalue weighted by Crippen LogP contribution is 2.25. The molecule has 0 saturated heterocycles. The van der Waals surface area contributed by atoms with Gasteiger partial charge >= 0.3 is 5.97 Å². The number of benzene rings is 1. The third-order valence-electron chi connectivity index (χ3n) is 2.66. The minimum atomic E-state index is -0.641. The molecule has 0 unspecified atom stereocenters. The van der Waals surface area contributed by atoms with Gasteiger partial charge in [-0.1, -0.05) is 0 Å². The molecule has 0 aliphatic carbocycles. The van der Waals surface area contributed by atoms with Crippen molar-refractivity contribution >= 4 is 33.7 Å². The number of carbonyl (C=O) groups is 3. The predicted molar refractivity (Wildman–Crippen MR) is 82.7 cm³/mol. The minimum absolute atomic E-state index is 0.141. The lowest BCUT2D eigenvalue weighted by Crippen LogP contribution is -2.38. The van der Waals surface area contributed by atoms with Crippen molar-refractivity contribution in [2.75, 3.05) is 34.4 Å². The van der Waals surface area contributed by atoms with Crippen LogP contribution in [0.3, 0.4) is 0 Å². The summed E-state index contributed by atoms with van der Waals surface area (Å²) in [5.41, 5.74) is 0.282. The van der Waals surface area contributed by atoms with Crippen LogP contribution in [0.5, 0.6) is 5.75 Å². The van der Waals surface area contributed by atoms with E-state index in [-0.39, 0.29) is 18.0 Å². The molecule has 0 fully saturated rings. The molecule has 7 nitrogen and oxygen atoms in total. The van der Waals surface area contributed by atoms with Crippen LogP contribution in [0, 0.1) is 0 Å². The fourth-order valence-corrected chi connectivity index (χ4v) is 1.93. The summed E-state index contributed by atoms with van der Waals surface area (Å²) in [6, 6.07) is 4.67. The fraction of sp³-hybridized carbons (Fsp3) is 0.357. The van der Waals surface area contributed by atoms with Gasteiger partial charge in [0.05, 0.1) is 23.7 Å². The summed E-state index contributed by atoms with van der Waals surface area (Å²) in [4.78, 5) is 35.9. The summed E-state index contributed by atoms with van der Waals surface area (Å²) in [6.07, 6.45) is 0. The number of esters is 1. The molecule has 0 atom stereocenters. The van der Waals surface area contributed by atoms with Gasteiger partial charge in [-0.3, -0.25) is 9.59 Å². The van der Waals surface area contributed by atoms with Crippen molar-refractivity contribution in [3.63, 3.8) is 0 Å². The van der Waals surface area contributed by atoms with Crippen LogP contribution in [0.25, 0.3) is 0 Å². The average molecular weight is 373 g/mol. The van der Waals surface area contributed by atoms with E-state index in [1.165, 1.54) is 24.1 Å². The zero-order chi connectivity index (χ0) is 16.7. The summed E-state index contributed by atoms with van der Waals surface area (Å²) in [5, 5.41) is 2.36. The van der Waals surface area contributed by atoms with Gasteiger partial charge in [-0.25, -0.2) is 4.79 Å². The van der Waals surface area contributed by atoms with E-state index in [1.54, 1.807) is 20.2 Å². The van der Waals surface area contributed by atoms with E-state index in [4.69, 9.17) is 9.47 Å². The molecule has 0 heterocycles. The van der Waals surface area contributed by atoms with Crippen LogP contribution in [0.4, 0.5) is 0 Å². The van der Waals surface area contributed by atoms with E-state index in [9.17, 15) is 14.4 Å². The molecule has 1 aromatic rings. The molecule has 120 valence electrons. The molecule has 8 heteroatoms. The molecule has 0 saturated carbocycles. The second-order valence-corrected chi connectivity index (χ2v) is 5.34. The molecule has 0 aliphatic rings. The predicted octanol–water partition coefficient (Wildman–Crippen LogP) is 0.819. The first kappa shape index (κ1) is 18.0. The number of nitrogens with zero attached hydrogens (tertiary/aromatic N) is 1. The Morgan fingerprint density at radius 3 is 2.50 bits per heavy atom. The molecule has 0 aromatic heterocycles. The molecule has 22 heavy (non-hydrogen) atoms. The number of methoxy groups -OCH3 is 1. The van der Waals surface area contributed by atoms with Crippen LogP contribution in [0.2, 0.25) is 0 Å². The Balaban J connectivity index is 2.47. The van der Waals surface area contributed by atoms with Crippen LogP contribution in [0.1, 0.15) is 10.4 Å². The summed E-state index contributed by atoms with van der Waals surface area (Å²) in [7, 11) is 4.67. The van der Waals surface area contributed by atoms with Gasteiger partial charge in [-0.05, 0) is 34.1 Å². The molecule has 0 spiro atoms. The maximum Gasteiger partial charge on any atom is 0.338 e. The minimum Gasteiger partial charge on any atom is -0.496 e. The van der Waals surface area contributed by atoms with Crippen LogP contribution < -0.4 is 10.1 Å². The number of hydrogen-bond acceptors (Lipinski definition) is 5. The van der Waals surface area contributed by atoms with Gasteiger partial charge in [0.1, 0.15) is 5.75 Å². The van der Waals surface area contributed by atoms with Gasteiger partial charge in [0, 0.05) is 14.1 Å². The van der Waals surface area contributed by atoms with E-state index in [0.717, 1.165) is 0 Å². The number of carbonyl (C=O) groups excluding carboxylic acids is 3. The van der Waals surface area contributed by atoms with Crippen molar-refractivity contribution in [2.45, 2.75) is 0 Å². The van der Waals surface area contributed by atoms with Gasteiger partial charge in [0.25, 0.3) is 5.91 Å². The molecule has 1 aromatic carbocycles. The fourth-order valence-electron chi connectivity index (χ4n) is 1.39. The third-order valence-corrected chi connectivity index (χ3v) is 3.28. The number of likely N-dealkylation sites (N-methyl/N-ethyl adjacent to an activating group) is 1. The summed E-state index contributed by atoms with van der Waals surface area (Å²) in [6.45, 7) is -0.597. The normalized spacial score (nSPS) is 9.82. The van der Waals surface area contributed by atoms with Crippen LogP contribution in [0.15, 0.2) is 22.7 Å². The van der Waals surface area contributed by atoms with Crippen molar-refractivity contribution in [2.24, 2.45) is 0 Å². The molecule has 2 amide bonds. The third kappa shape index (κ3) is 5.36. The summed E-state index contributed by atoms with van der Waals surface area (Å²) >= 11 is 3.26. The van der Waals surface area contributed by atoms with Crippen molar-refractivity contribution < 1.29 is 23.9 Å². The number of rotatable bonds is 6. The Morgan fingerprint density at radius 2 is 1.95 bits per heavy atom. The number of hydrogen-bond donors (Lipinski definition) is 1. The summed E-state index contributed by atoms with van der Waals surface area (Å²) < 4.78 is 10.5. The largest absolute Gasteiger partial charge is 0.496 e. The van der Waals surface area contributed by atoms with E-state index in [0.29, 0.717) is 10.2 Å². The first-order valence-electron chi connectivity index (χ1n) is 6.32. The number of amides is 2. The number of halogens is 1. The van der Waals surface area contributed by atoms with Gasteiger partial charge in [0.2, 0.25) is 5.91 Å². The van der Waals surface area contributed by atoms with Gasteiger partial charge in [0.15, 0.2) is 6.61 Å². The van der Waals surface area contributed by atoms with E-state index >= 15 is 0 Å². The van der Waals surface area contributed by atoms with Crippen LogP contribution in [-0.4, -0.2) is 57.0 Å². The lowest BCUT2D eigenvalue weighted by atomic mass is 10.2. The number of ether oxygens (including phenoxy) is 2. The van der Waals surface area contributed by atoms with Gasteiger partial charge < -0.3 is 19.7 Å². The van der Waals surface area contributed by atoms with E-state index in [2.05, 4.69) is 21.2 Å². The zero-order valence-electron chi connectivity index (χ0n) is 12.5. The van der Waals surface area contributed by atoms with Crippen LogP contribution in [-0.2, 0) is 14.3 Å². The molecule has 1 N–H and O–H groups in total. The van der Waals surface area contributed by atoms with Crippen molar-refractivity contribution in [1.29, 1.82) is 0 Å². The van der Waals surface area contributed by atoms with Gasteiger partial charge in [-0.15, -0.1) is 0 Å². The first-order chi connectivity index (χ1) is 10.3. The topological polar surface area (TPSA) is 84.9 Å². The number of nitrogens with one attached hydrogen (secondary N) is 1. The molecule has 0 aliphatic heterocycles. The Labute approximate surface area is 136 Å². The van der Waals surface area contributed by atoms with E-state index in [1.807, 2.05) is 0 Å². The quantitative estimate of drug-likeness (QED) is 0.747. The maximum atomic E-state index is 11.8. The standard InChI is InChI=1S/C14H17BrN2O5/c1-17(2)13(19)7-16-12(18)8-22-14(20)9-4-5-11(21-3)10(15)6-9/h4-6H,7-8H2,1-3H3,(H,16,18). The lowest BCUT2D eigenvalue weighted by molar-refractivity contribution is -0.131. The average Bonchev–Trinajstić information content (AvgIpc) is 2.49. The highest BCUT2D eigenvalue weighted by atomic mass is 79.9. The maximum absolute atomic E-state index is 11.8. The Morgan fingerprint density at radius 1 is 1.27 bits per heavy atom. The van der Waals surface area contributed by atoms with E-state index < -0.39 is 18.5 Å². The molecular formula is C14H17BrN2O5. The smallest absolute Gasteiger partial charge is 0.338 e. The molecule has 0 radical (unpaired) electrons. The van der Waals surface area contributed by atoms with Crippen LogP contribution >= 0.6 is 15.9 Å². The highest BCUT2D eigenvalue weighted by Gasteiger charge is 2.13. The monoisotopic (exact) mass is 372 g/mol. The van der Waals surface area contributed by atoms with Crippen molar-refractivity contribution in [3.8, 4) is 5.75 Å². The molecular weight excluding hydrogens is 356 g/mol. The highest BCUT2D eigenvalue weighted by molar-refractivity contribution is 9.10. The Bertz CT molecular complexity index is 574. The Kier molecular flexibility index (Phi) is 6.84. The van der Waals surface area contributed by atoms with Crippen molar-refractivity contribution in [1.82, 2.24) is 10.2 Å². The SMILES string of the molecule is COc1ccc(C(=O)OCC(=O)NCC(=O)N(C)C)cc1Br. The second-order valence-electron chi connectivity index (χ2n) is 4.49. The van der Waals surface area contributed by atoms with Crippen molar-refractivity contribution in [3.05, 3.63) is 28.2 Å². The summed E-state index contributed by atoms with van der Waals surface area (Å²) in [5.74, 6) is -0.858. The lowest BCUT2D eigenvalue weighted by Gasteiger charge is -2.11. The first-order valence-corrected chi connectivity index (χ1v) is 7.12. The zero-order valence-corrected chi connectivity index (χ0v) is 14.1. The molecule has 1 rings (SSSR count).